The Hall–Kier alpha value is -0.860. The normalized spacial score (nSPS) is 35.5. The van der Waals surface area contributed by atoms with E-state index in [1.54, 1.807) is 0 Å². The van der Waals surface area contributed by atoms with Gasteiger partial charge in [0.2, 0.25) is 0 Å². The molecule has 16 heavy (non-hydrogen) atoms. The third-order valence-corrected chi connectivity index (χ3v) is 3.96. The van der Waals surface area contributed by atoms with E-state index < -0.39 is 0 Å². The van der Waals surface area contributed by atoms with Crippen molar-refractivity contribution in [3.63, 3.8) is 0 Å². The molecule has 88 valence electrons. The van der Waals surface area contributed by atoms with Gasteiger partial charge in [-0.3, -0.25) is 4.90 Å². The van der Waals surface area contributed by atoms with Crippen molar-refractivity contribution >= 4 is 0 Å². The molecule has 0 spiro atoms. The second-order valence-electron chi connectivity index (χ2n) is 4.83. The SMILES string of the molecule is CC[C@]1(C)O[C@@H](c2ccccc2)[C@H](C)N1C. The van der Waals surface area contributed by atoms with Gasteiger partial charge in [0.05, 0.1) is 0 Å². The lowest BCUT2D eigenvalue weighted by Gasteiger charge is -2.30. The summed E-state index contributed by atoms with van der Waals surface area (Å²) < 4.78 is 6.23. The van der Waals surface area contributed by atoms with Gasteiger partial charge in [0.25, 0.3) is 0 Å². The van der Waals surface area contributed by atoms with E-state index in [0.29, 0.717) is 6.04 Å². The average Bonchev–Trinajstić information content (AvgIpc) is 2.56. The highest BCUT2D eigenvalue weighted by Gasteiger charge is 2.44. The molecule has 3 atom stereocenters. The van der Waals surface area contributed by atoms with Crippen LogP contribution in [0.4, 0.5) is 0 Å². The van der Waals surface area contributed by atoms with Gasteiger partial charge >= 0.3 is 0 Å². The molecule has 0 N–H and O–H groups in total. The number of hydrogen-bond acceptors (Lipinski definition) is 2. The van der Waals surface area contributed by atoms with E-state index in [1.165, 1.54) is 5.56 Å². The lowest BCUT2D eigenvalue weighted by Crippen LogP contribution is -2.41. The van der Waals surface area contributed by atoms with Crippen LogP contribution < -0.4 is 0 Å². The first-order valence-electron chi connectivity index (χ1n) is 6.04. The predicted molar refractivity (Wildman–Crippen MR) is 66.2 cm³/mol. The molecule has 1 aromatic rings. The number of hydrogen-bond donors (Lipinski definition) is 0. The molecule has 2 rings (SSSR count). The van der Waals surface area contributed by atoms with Crippen LogP contribution in [0.5, 0.6) is 0 Å². The summed E-state index contributed by atoms with van der Waals surface area (Å²) >= 11 is 0. The standard InChI is InChI=1S/C14H21NO/c1-5-14(3)15(4)11(2)13(16-14)12-9-7-6-8-10-12/h6-11,13H,5H2,1-4H3/t11-,13+,14-/m0/s1. The number of ether oxygens (including phenoxy) is 1. The lowest BCUT2D eigenvalue weighted by molar-refractivity contribution is -0.0856. The summed E-state index contributed by atoms with van der Waals surface area (Å²) in [5.41, 5.74) is 1.15. The number of rotatable bonds is 2. The van der Waals surface area contributed by atoms with Crippen molar-refractivity contribution < 1.29 is 4.74 Å². The predicted octanol–water partition coefficient (Wildman–Crippen LogP) is 3.20. The van der Waals surface area contributed by atoms with Crippen LogP contribution >= 0.6 is 0 Å². The van der Waals surface area contributed by atoms with Crippen LogP contribution in [0.25, 0.3) is 0 Å². The summed E-state index contributed by atoms with van der Waals surface area (Å²) in [6.07, 6.45) is 1.20. The van der Waals surface area contributed by atoms with Gasteiger partial charge < -0.3 is 4.74 Å². The molecule has 2 nitrogen and oxygen atoms in total. The Morgan fingerprint density at radius 3 is 2.44 bits per heavy atom. The molecule has 1 heterocycles. The van der Waals surface area contributed by atoms with E-state index in [4.69, 9.17) is 4.74 Å². The molecule has 1 fully saturated rings. The average molecular weight is 219 g/mol. The molecule has 1 aliphatic heterocycles. The summed E-state index contributed by atoms with van der Waals surface area (Å²) in [6, 6.07) is 10.9. The van der Waals surface area contributed by atoms with Crippen molar-refractivity contribution in [2.45, 2.75) is 45.1 Å². The molecule has 0 radical (unpaired) electrons. The molecule has 1 aromatic carbocycles. The summed E-state index contributed by atoms with van der Waals surface area (Å²) in [4.78, 5) is 2.34. The maximum absolute atomic E-state index is 6.23. The zero-order valence-corrected chi connectivity index (χ0v) is 10.6. The third-order valence-electron chi connectivity index (χ3n) is 3.96. The Labute approximate surface area is 98.2 Å². The Morgan fingerprint density at radius 1 is 1.31 bits per heavy atom. The van der Waals surface area contributed by atoms with E-state index >= 15 is 0 Å². The monoisotopic (exact) mass is 219 g/mol. The largest absolute Gasteiger partial charge is 0.351 e. The van der Waals surface area contributed by atoms with Gasteiger partial charge in [-0.1, -0.05) is 37.3 Å². The Morgan fingerprint density at radius 2 is 1.94 bits per heavy atom. The van der Waals surface area contributed by atoms with Gasteiger partial charge in [-0.15, -0.1) is 0 Å². The van der Waals surface area contributed by atoms with E-state index in [9.17, 15) is 0 Å². The second-order valence-corrected chi connectivity index (χ2v) is 4.83. The number of nitrogens with zero attached hydrogens (tertiary/aromatic N) is 1. The highest BCUT2D eigenvalue weighted by molar-refractivity contribution is 5.20. The van der Waals surface area contributed by atoms with Crippen LogP contribution in [0.1, 0.15) is 38.9 Å². The molecular formula is C14H21NO. The number of likely N-dealkylation sites (N-methyl/N-ethyl adjacent to an activating group) is 1. The zero-order valence-electron chi connectivity index (χ0n) is 10.6. The summed E-state index contributed by atoms with van der Waals surface area (Å²) in [6.45, 7) is 6.58. The Kier molecular flexibility index (Phi) is 3.04. The number of benzene rings is 1. The van der Waals surface area contributed by atoms with Crippen LogP contribution in [0.15, 0.2) is 30.3 Å². The van der Waals surface area contributed by atoms with E-state index in [1.807, 2.05) is 6.07 Å². The summed E-state index contributed by atoms with van der Waals surface area (Å²) in [7, 11) is 2.15. The van der Waals surface area contributed by atoms with Crippen LogP contribution in [0, 0.1) is 0 Å². The maximum atomic E-state index is 6.23. The molecule has 0 saturated carbocycles. The van der Waals surface area contributed by atoms with Crippen LogP contribution in [-0.2, 0) is 4.74 Å². The minimum Gasteiger partial charge on any atom is -0.351 e. The first kappa shape index (κ1) is 11.6. The van der Waals surface area contributed by atoms with Crippen molar-refractivity contribution in [1.29, 1.82) is 0 Å². The fraction of sp³-hybridized carbons (Fsp3) is 0.571. The van der Waals surface area contributed by atoms with Gasteiger partial charge in [-0.05, 0) is 32.9 Å². The van der Waals surface area contributed by atoms with Crippen LogP contribution in [-0.4, -0.2) is 23.7 Å². The maximum Gasteiger partial charge on any atom is 0.119 e. The lowest BCUT2D eigenvalue weighted by atomic mass is 10.0. The van der Waals surface area contributed by atoms with Crippen molar-refractivity contribution in [3.05, 3.63) is 35.9 Å². The van der Waals surface area contributed by atoms with Crippen LogP contribution in [0.2, 0.25) is 0 Å². The minimum atomic E-state index is -0.125. The minimum absolute atomic E-state index is 0.125. The zero-order chi connectivity index (χ0) is 11.8. The summed E-state index contributed by atoms with van der Waals surface area (Å²) in [5, 5.41) is 0. The molecular weight excluding hydrogens is 198 g/mol. The molecule has 0 bridgehead atoms. The molecule has 2 heteroatoms. The Bertz CT molecular complexity index is 351. The fourth-order valence-electron chi connectivity index (χ4n) is 2.41. The van der Waals surface area contributed by atoms with Crippen molar-refractivity contribution in [2.75, 3.05) is 7.05 Å². The summed E-state index contributed by atoms with van der Waals surface area (Å²) in [5.74, 6) is 0. The van der Waals surface area contributed by atoms with Gasteiger partial charge in [0.15, 0.2) is 0 Å². The van der Waals surface area contributed by atoms with Gasteiger partial charge in [-0.2, -0.15) is 0 Å². The Balaban J connectivity index is 2.26. The van der Waals surface area contributed by atoms with E-state index in [-0.39, 0.29) is 11.8 Å². The third kappa shape index (κ3) is 1.76. The highest BCUT2D eigenvalue weighted by Crippen LogP contribution is 2.41. The van der Waals surface area contributed by atoms with Gasteiger partial charge in [-0.25, -0.2) is 0 Å². The second kappa shape index (κ2) is 4.19. The first-order chi connectivity index (χ1) is 7.58. The quantitative estimate of drug-likeness (QED) is 0.757. The molecule has 1 aliphatic rings. The van der Waals surface area contributed by atoms with Crippen molar-refractivity contribution in [1.82, 2.24) is 4.90 Å². The molecule has 0 unspecified atom stereocenters. The topological polar surface area (TPSA) is 12.5 Å². The van der Waals surface area contributed by atoms with E-state index in [0.717, 1.165) is 6.42 Å². The van der Waals surface area contributed by atoms with Crippen molar-refractivity contribution in [2.24, 2.45) is 0 Å². The first-order valence-corrected chi connectivity index (χ1v) is 6.04. The highest BCUT2D eigenvalue weighted by atomic mass is 16.5. The van der Waals surface area contributed by atoms with Crippen molar-refractivity contribution in [3.8, 4) is 0 Å². The van der Waals surface area contributed by atoms with Gasteiger partial charge in [0, 0.05) is 6.04 Å². The molecule has 0 aliphatic carbocycles. The van der Waals surface area contributed by atoms with Gasteiger partial charge in [0.1, 0.15) is 11.8 Å². The van der Waals surface area contributed by atoms with E-state index in [2.05, 4.69) is 57.0 Å². The molecule has 0 aromatic heterocycles. The fourth-order valence-corrected chi connectivity index (χ4v) is 2.41. The smallest absolute Gasteiger partial charge is 0.119 e. The molecule has 1 saturated heterocycles. The molecule has 0 amide bonds. The van der Waals surface area contributed by atoms with Crippen LogP contribution in [0.3, 0.4) is 0 Å².